The summed E-state index contributed by atoms with van der Waals surface area (Å²) in [5.41, 5.74) is 3.00. The maximum Gasteiger partial charge on any atom is 0.494 e. The number of anilines is 1. The van der Waals surface area contributed by atoms with Gasteiger partial charge in [-0.25, -0.2) is 4.68 Å². The van der Waals surface area contributed by atoms with Crippen LogP contribution in [0.4, 0.5) is 5.82 Å². The van der Waals surface area contributed by atoms with Gasteiger partial charge in [-0.3, -0.25) is 4.79 Å². The van der Waals surface area contributed by atoms with Gasteiger partial charge in [-0.2, -0.15) is 5.10 Å². The van der Waals surface area contributed by atoms with Gasteiger partial charge in [-0.15, -0.1) is 0 Å². The summed E-state index contributed by atoms with van der Waals surface area (Å²) in [6.07, 6.45) is -1.35. The molecule has 1 saturated heterocycles. The number of amides is 1. The first-order valence-corrected chi connectivity index (χ1v) is 12.3. The largest absolute Gasteiger partial charge is 0.494 e. The van der Waals surface area contributed by atoms with Gasteiger partial charge in [-0.1, -0.05) is 62.7 Å². The van der Waals surface area contributed by atoms with E-state index in [2.05, 4.69) is 26.1 Å². The highest BCUT2D eigenvalue weighted by molar-refractivity contribution is 6.62. The van der Waals surface area contributed by atoms with Crippen molar-refractivity contribution in [2.75, 3.05) is 5.32 Å². The lowest BCUT2D eigenvalue weighted by Crippen LogP contribution is -2.41. The highest BCUT2D eigenvalue weighted by Gasteiger charge is 2.51. The molecule has 1 unspecified atom stereocenters. The molecular weight excluding hydrogens is 453 g/mol. The average molecular weight is 489 g/mol. The van der Waals surface area contributed by atoms with Gasteiger partial charge in [0.2, 0.25) is 0 Å². The third-order valence-corrected chi connectivity index (χ3v) is 7.03. The summed E-state index contributed by atoms with van der Waals surface area (Å²) in [7, 11) is -0.505. The first kappa shape index (κ1) is 26.1. The molecule has 1 aliphatic heterocycles. The summed E-state index contributed by atoms with van der Waals surface area (Å²) < 4.78 is 13.9. The summed E-state index contributed by atoms with van der Waals surface area (Å²) in [6.45, 7) is 16.2. The number of rotatable bonds is 5. The Balaban J connectivity index is 1.53. The second kappa shape index (κ2) is 9.18. The molecule has 190 valence electrons. The molecule has 1 aromatic heterocycles. The first-order chi connectivity index (χ1) is 16.7. The van der Waals surface area contributed by atoms with Crippen molar-refractivity contribution in [3.8, 4) is 5.69 Å². The summed E-state index contributed by atoms with van der Waals surface area (Å²) in [6, 6.07) is 16.8. The lowest BCUT2D eigenvalue weighted by molar-refractivity contribution is -0.124. The Morgan fingerprint density at radius 3 is 2.08 bits per heavy atom. The molecule has 4 rings (SSSR count). The van der Waals surface area contributed by atoms with Gasteiger partial charge in [0, 0.05) is 11.5 Å². The number of aryl methyl sites for hydroxylation is 1. The molecule has 1 atom stereocenters. The van der Waals surface area contributed by atoms with Crippen molar-refractivity contribution < 1.29 is 19.2 Å². The number of hydrogen-bond acceptors (Lipinski definition) is 5. The summed E-state index contributed by atoms with van der Waals surface area (Å²) in [5.74, 6) is -0.0335. The molecule has 3 aromatic rings. The zero-order valence-electron chi connectivity index (χ0n) is 22.4. The molecule has 2 aromatic carbocycles. The van der Waals surface area contributed by atoms with Crippen molar-refractivity contribution in [2.24, 2.45) is 0 Å². The molecule has 0 radical (unpaired) electrons. The Labute approximate surface area is 214 Å². The molecule has 0 saturated carbocycles. The topological polar surface area (TPSA) is 85.6 Å². The van der Waals surface area contributed by atoms with Gasteiger partial charge in [0.05, 0.1) is 22.6 Å². The first-order valence-electron chi connectivity index (χ1n) is 12.3. The van der Waals surface area contributed by atoms with E-state index < -0.39 is 30.3 Å². The molecule has 7 nitrogen and oxygen atoms in total. The molecule has 0 spiro atoms. The van der Waals surface area contributed by atoms with Crippen LogP contribution in [-0.2, 0) is 19.5 Å². The number of aliphatic hydroxyl groups is 1. The van der Waals surface area contributed by atoms with Gasteiger partial charge < -0.3 is 19.7 Å². The van der Waals surface area contributed by atoms with Crippen LogP contribution in [0.15, 0.2) is 54.6 Å². The molecule has 36 heavy (non-hydrogen) atoms. The predicted octanol–water partition coefficient (Wildman–Crippen LogP) is 4.45. The minimum Gasteiger partial charge on any atom is -0.399 e. The van der Waals surface area contributed by atoms with E-state index in [1.165, 1.54) is 0 Å². The molecule has 1 aliphatic rings. The van der Waals surface area contributed by atoms with Gasteiger partial charge in [-0.05, 0) is 57.8 Å². The molecule has 8 heteroatoms. The van der Waals surface area contributed by atoms with Crippen LogP contribution in [0.5, 0.6) is 0 Å². The number of nitrogens with one attached hydrogen (secondary N) is 1. The van der Waals surface area contributed by atoms with Gasteiger partial charge in [0.25, 0.3) is 5.91 Å². The number of nitrogens with zero attached hydrogens (tertiary/aromatic N) is 2. The Bertz CT molecular complexity index is 1230. The van der Waals surface area contributed by atoms with Crippen LogP contribution >= 0.6 is 0 Å². The number of benzene rings is 2. The zero-order valence-corrected chi connectivity index (χ0v) is 22.4. The highest BCUT2D eigenvalue weighted by atomic mass is 16.7. The summed E-state index contributed by atoms with van der Waals surface area (Å²) in [5, 5.41) is 18.4. The molecule has 1 fully saturated rings. The van der Waals surface area contributed by atoms with Crippen molar-refractivity contribution in [3.63, 3.8) is 0 Å². The Morgan fingerprint density at radius 2 is 1.56 bits per heavy atom. The smallest absolute Gasteiger partial charge is 0.399 e. The molecular formula is C28H36BN3O4. The Kier molecular flexibility index (Phi) is 6.66. The molecule has 1 amide bonds. The summed E-state index contributed by atoms with van der Waals surface area (Å²) >= 11 is 0. The maximum atomic E-state index is 13.1. The number of hydrogen-bond donors (Lipinski definition) is 2. The fraction of sp³-hybridized carbons (Fsp3) is 0.429. The second-order valence-electron chi connectivity index (χ2n) is 11.6. The van der Waals surface area contributed by atoms with Crippen molar-refractivity contribution in [1.82, 2.24) is 9.78 Å². The van der Waals surface area contributed by atoms with Crippen molar-refractivity contribution >= 4 is 24.3 Å². The number of aromatic nitrogens is 2. The van der Waals surface area contributed by atoms with Gasteiger partial charge in [0.1, 0.15) is 5.82 Å². The number of carbonyl (C=O) groups is 1. The van der Waals surface area contributed by atoms with Crippen LogP contribution in [0.25, 0.3) is 5.69 Å². The fourth-order valence-corrected chi connectivity index (χ4v) is 3.88. The van der Waals surface area contributed by atoms with Crippen molar-refractivity contribution in [2.45, 2.75) is 78.1 Å². The second-order valence-corrected chi connectivity index (χ2v) is 11.6. The SMILES string of the molecule is Cc1ccc(-n2nc(C(C)(C)C)cc2NC(=O)C(O)c2ccc(B3OC(C)(C)C(C)(C)O3)cc2)cc1. The van der Waals surface area contributed by atoms with Crippen molar-refractivity contribution in [3.05, 3.63) is 71.4 Å². The Morgan fingerprint density at radius 1 is 1.00 bits per heavy atom. The van der Waals surface area contributed by atoms with E-state index in [9.17, 15) is 9.90 Å². The third-order valence-electron chi connectivity index (χ3n) is 7.03. The monoisotopic (exact) mass is 489 g/mol. The summed E-state index contributed by atoms with van der Waals surface area (Å²) in [4.78, 5) is 13.1. The van der Waals surface area contributed by atoms with E-state index in [1.807, 2.05) is 77.1 Å². The standard InChI is InChI=1S/C28H36BN3O4/c1-18-9-15-21(16-10-18)32-23(17-22(31-32)26(2,3)4)30-25(34)24(33)19-11-13-20(14-12-19)29-35-27(5,6)28(7,8)36-29/h9-17,24,33H,1-8H3,(H,30,34). The van der Waals surface area contributed by atoms with Crippen LogP contribution in [0.3, 0.4) is 0 Å². The highest BCUT2D eigenvalue weighted by Crippen LogP contribution is 2.36. The van der Waals surface area contributed by atoms with Crippen LogP contribution in [-0.4, -0.2) is 39.1 Å². The predicted molar refractivity (Wildman–Crippen MR) is 143 cm³/mol. The van der Waals surface area contributed by atoms with E-state index in [4.69, 9.17) is 14.4 Å². The van der Waals surface area contributed by atoms with Crippen LogP contribution in [0, 0.1) is 6.92 Å². The zero-order chi connectivity index (χ0) is 26.5. The van der Waals surface area contributed by atoms with Crippen LogP contribution in [0.2, 0.25) is 0 Å². The molecule has 0 aliphatic carbocycles. The average Bonchev–Trinajstić information content (AvgIpc) is 3.31. The molecule has 2 heterocycles. The van der Waals surface area contributed by atoms with E-state index in [0.717, 1.165) is 22.4 Å². The quantitative estimate of drug-likeness (QED) is 0.518. The molecule has 2 N–H and O–H groups in total. The van der Waals surface area contributed by atoms with E-state index in [0.29, 0.717) is 11.4 Å². The van der Waals surface area contributed by atoms with Crippen molar-refractivity contribution in [1.29, 1.82) is 0 Å². The van der Waals surface area contributed by atoms with Crippen LogP contribution < -0.4 is 10.8 Å². The van der Waals surface area contributed by atoms with E-state index >= 15 is 0 Å². The third kappa shape index (κ3) is 5.12. The van der Waals surface area contributed by atoms with E-state index in [-0.39, 0.29) is 5.41 Å². The minimum absolute atomic E-state index is 0.211. The minimum atomic E-state index is -1.35. The maximum absolute atomic E-state index is 13.1. The van der Waals surface area contributed by atoms with Gasteiger partial charge in [0.15, 0.2) is 6.10 Å². The number of aliphatic hydroxyl groups excluding tert-OH is 1. The number of carbonyl (C=O) groups excluding carboxylic acids is 1. The van der Waals surface area contributed by atoms with Crippen LogP contribution in [0.1, 0.15) is 71.4 Å². The lowest BCUT2D eigenvalue weighted by Gasteiger charge is -2.32. The van der Waals surface area contributed by atoms with E-state index in [1.54, 1.807) is 16.8 Å². The van der Waals surface area contributed by atoms with Gasteiger partial charge >= 0.3 is 7.12 Å². The molecule has 0 bridgehead atoms. The fourth-order valence-electron chi connectivity index (χ4n) is 3.88. The Hall–Kier alpha value is -2.94. The lowest BCUT2D eigenvalue weighted by atomic mass is 9.78. The normalized spacial score (nSPS) is 17.8.